The highest BCUT2D eigenvalue weighted by Gasteiger charge is 2.17. The van der Waals surface area contributed by atoms with E-state index in [2.05, 4.69) is 4.98 Å². The SMILES string of the molecule is Cc1ccc2c(COC(=O)c3cc(-c4ccccc4Cl)nc4ccccc34)cc(=O)oc2c1. The van der Waals surface area contributed by atoms with Crippen molar-refractivity contribution in [2.75, 3.05) is 0 Å². The fraction of sp³-hybridized carbons (Fsp3) is 0.0741. The van der Waals surface area contributed by atoms with Gasteiger partial charge in [-0.3, -0.25) is 0 Å². The van der Waals surface area contributed by atoms with Crippen molar-refractivity contribution in [3.8, 4) is 11.3 Å². The number of pyridine rings is 1. The largest absolute Gasteiger partial charge is 0.457 e. The number of rotatable bonds is 4. The molecule has 0 saturated carbocycles. The van der Waals surface area contributed by atoms with Crippen LogP contribution >= 0.6 is 11.6 Å². The Kier molecular flexibility index (Phi) is 5.40. The second kappa shape index (κ2) is 8.52. The molecule has 6 heteroatoms. The lowest BCUT2D eigenvalue weighted by atomic mass is 10.0. The van der Waals surface area contributed by atoms with Crippen molar-refractivity contribution in [1.29, 1.82) is 0 Å². The highest BCUT2D eigenvalue weighted by Crippen LogP contribution is 2.30. The molecule has 5 aromatic rings. The zero-order chi connectivity index (χ0) is 22.9. The first-order valence-corrected chi connectivity index (χ1v) is 10.7. The van der Waals surface area contributed by atoms with E-state index >= 15 is 0 Å². The number of hydrogen-bond acceptors (Lipinski definition) is 5. The smallest absolute Gasteiger partial charge is 0.339 e. The van der Waals surface area contributed by atoms with Crippen LogP contribution in [0.2, 0.25) is 5.02 Å². The minimum absolute atomic E-state index is 0.0674. The molecule has 0 aliphatic carbocycles. The van der Waals surface area contributed by atoms with Crippen LogP contribution in [0.3, 0.4) is 0 Å². The zero-order valence-electron chi connectivity index (χ0n) is 17.7. The number of aryl methyl sites for hydroxylation is 1. The van der Waals surface area contributed by atoms with Gasteiger partial charge in [-0.2, -0.15) is 0 Å². The Bertz CT molecular complexity index is 1590. The lowest BCUT2D eigenvalue weighted by molar-refractivity contribution is 0.0476. The third-order valence-electron chi connectivity index (χ3n) is 5.43. The first kappa shape index (κ1) is 20.9. The van der Waals surface area contributed by atoms with Crippen molar-refractivity contribution < 1.29 is 13.9 Å². The Balaban J connectivity index is 1.54. The molecule has 0 N–H and O–H groups in total. The van der Waals surface area contributed by atoms with Crippen LogP contribution < -0.4 is 5.63 Å². The van der Waals surface area contributed by atoms with Crippen LogP contribution in [0.15, 0.2) is 88.1 Å². The van der Waals surface area contributed by atoms with Crippen molar-refractivity contribution in [1.82, 2.24) is 4.98 Å². The number of para-hydroxylation sites is 1. The molecule has 33 heavy (non-hydrogen) atoms. The minimum atomic E-state index is -0.518. The molecule has 2 aromatic heterocycles. The standard InChI is InChI=1S/C27H18ClNO4/c1-16-10-11-18-17(13-26(30)33-25(18)12-16)15-32-27(31)21-14-24(20-7-2-4-8-22(20)28)29-23-9-5-3-6-19(21)23/h2-14H,15H2,1H3. The van der Waals surface area contributed by atoms with E-state index in [1.54, 1.807) is 18.2 Å². The molecule has 0 aliphatic rings. The Hall–Kier alpha value is -3.96. The Morgan fingerprint density at radius 1 is 0.970 bits per heavy atom. The molecular formula is C27H18ClNO4. The molecule has 0 unspecified atom stereocenters. The van der Waals surface area contributed by atoms with Crippen LogP contribution in [-0.4, -0.2) is 11.0 Å². The first-order chi connectivity index (χ1) is 16.0. The highest BCUT2D eigenvalue weighted by molar-refractivity contribution is 6.33. The van der Waals surface area contributed by atoms with Crippen molar-refractivity contribution in [2.24, 2.45) is 0 Å². The van der Waals surface area contributed by atoms with E-state index in [-0.39, 0.29) is 6.61 Å². The van der Waals surface area contributed by atoms with Gasteiger partial charge in [-0.1, -0.05) is 60.1 Å². The molecule has 0 atom stereocenters. The van der Waals surface area contributed by atoms with Crippen LogP contribution in [-0.2, 0) is 11.3 Å². The molecule has 0 saturated heterocycles. The van der Waals surface area contributed by atoms with Gasteiger partial charge in [0.1, 0.15) is 12.2 Å². The Labute approximate surface area is 194 Å². The molecular weight excluding hydrogens is 438 g/mol. The number of nitrogens with zero attached hydrogens (tertiary/aromatic N) is 1. The summed E-state index contributed by atoms with van der Waals surface area (Å²) in [5.41, 5.74) is 3.85. The molecule has 0 aliphatic heterocycles. The van der Waals surface area contributed by atoms with E-state index in [4.69, 9.17) is 20.8 Å². The van der Waals surface area contributed by atoms with Gasteiger partial charge in [-0.05, 0) is 36.8 Å². The van der Waals surface area contributed by atoms with E-state index < -0.39 is 11.6 Å². The van der Waals surface area contributed by atoms with Gasteiger partial charge >= 0.3 is 11.6 Å². The van der Waals surface area contributed by atoms with Gasteiger partial charge in [0.2, 0.25) is 0 Å². The van der Waals surface area contributed by atoms with Crippen LogP contribution in [0, 0.1) is 6.92 Å². The molecule has 162 valence electrons. The number of hydrogen-bond donors (Lipinski definition) is 0. The average Bonchev–Trinajstić information content (AvgIpc) is 2.81. The molecule has 0 amide bonds. The number of ether oxygens (including phenoxy) is 1. The van der Waals surface area contributed by atoms with Gasteiger partial charge in [0.25, 0.3) is 0 Å². The minimum Gasteiger partial charge on any atom is -0.457 e. The fourth-order valence-electron chi connectivity index (χ4n) is 3.83. The maximum atomic E-state index is 13.2. The van der Waals surface area contributed by atoms with E-state index in [0.717, 1.165) is 16.5 Å². The molecule has 0 fully saturated rings. The van der Waals surface area contributed by atoms with Gasteiger partial charge < -0.3 is 9.15 Å². The summed E-state index contributed by atoms with van der Waals surface area (Å²) < 4.78 is 10.9. The van der Waals surface area contributed by atoms with E-state index in [1.165, 1.54) is 6.07 Å². The summed E-state index contributed by atoms with van der Waals surface area (Å²) in [5, 5.41) is 1.94. The predicted molar refractivity (Wildman–Crippen MR) is 129 cm³/mol. The molecule has 5 rings (SSSR count). The molecule has 5 nitrogen and oxygen atoms in total. The number of carbonyl (C=O) groups is 1. The Morgan fingerprint density at radius 2 is 1.76 bits per heavy atom. The summed E-state index contributed by atoms with van der Waals surface area (Å²) in [6, 6.07) is 23.3. The molecule has 0 radical (unpaired) electrons. The van der Waals surface area contributed by atoms with Gasteiger partial charge in [-0.15, -0.1) is 0 Å². The first-order valence-electron chi connectivity index (χ1n) is 10.3. The Morgan fingerprint density at radius 3 is 2.61 bits per heavy atom. The van der Waals surface area contributed by atoms with Crippen LogP contribution in [0.5, 0.6) is 0 Å². The molecule has 0 bridgehead atoms. The summed E-state index contributed by atoms with van der Waals surface area (Å²) in [6.45, 7) is 1.85. The number of aromatic nitrogens is 1. The monoisotopic (exact) mass is 455 g/mol. The quantitative estimate of drug-likeness (QED) is 0.234. The number of esters is 1. The fourth-order valence-corrected chi connectivity index (χ4v) is 4.06. The molecule has 2 heterocycles. The second-order valence-corrected chi connectivity index (χ2v) is 8.13. The van der Waals surface area contributed by atoms with Crippen LogP contribution in [0.4, 0.5) is 0 Å². The van der Waals surface area contributed by atoms with Gasteiger partial charge in [0, 0.05) is 33.0 Å². The lowest BCUT2D eigenvalue weighted by Crippen LogP contribution is -2.09. The van der Waals surface area contributed by atoms with Crippen molar-refractivity contribution in [3.63, 3.8) is 0 Å². The molecule has 0 spiro atoms. The summed E-state index contributed by atoms with van der Waals surface area (Å²) in [6.07, 6.45) is 0. The maximum absolute atomic E-state index is 13.2. The maximum Gasteiger partial charge on any atom is 0.339 e. The van der Waals surface area contributed by atoms with Gasteiger partial charge in [-0.25, -0.2) is 14.6 Å². The zero-order valence-corrected chi connectivity index (χ0v) is 18.4. The van der Waals surface area contributed by atoms with E-state index in [0.29, 0.717) is 38.3 Å². The normalized spacial score (nSPS) is 11.1. The lowest BCUT2D eigenvalue weighted by Gasteiger charge is -2.12. The van der Waals surface area contributed by atoms with Crippen molar-refractivity contribution in [3.05, 3.63) is 111 Å². The third kappa shape index (κ3) is 4.11. The predicted octanol–water partition coefficient (Wildman–Crippen LogP) is 6.33. The topological polar surface area (TPSA) is 69.4 Å². The average molecular weight is 456 g/mol. The van der Waals surface area contributed by atoms with Gasteiger partial charge in [0.15, 0.2) is 0 Å². The third-order valence-corrected chi connectivity index (χ3v) is 5.76. The number of carbonyl (C=O) groups excluding carboxylic acids is 1. The van der Waals surface area contributed by atoms with Crippen molar-refractivity contribution in [2.45, 2.75) is 13.5 Å². The van der Waals surface area contributed by atoms with E-state index in [9.17, 15) is 9.59 Å². The van der Waals surface area contributed by atoms with E-state index in [1.807, 2.05) is 61.5 Å². The van der Waals surface area contributed by atoms with Crippen LogP contribution in [0.25, 0.3) is 33.1 Å². The summed E-state index contributed by atoms with van der Waals surface area (Å²) in [4.78, 5) is 29.9. The number of benzene rings is 3. The van der Waals surface area contributed by atoms with Gasteiger partial charge in [0.05, 0.1) is 16.8 Å². The number of halogens is 1. The highest BCUT2D eigenvalue weighted by atomic mass is 35.5. The second-order valence-electron chi connectivity index (χ2n) is 7.72. The van der Waals surface area contributed by atoms with Crippen molar-refractivity contribution >= 4 is 39.4 Å². The van der Waals surface area contributed by atoms with Crippen LogP contribution in [0.1, 0.15) is 21.5 Å². The molecule has 3 aromatic carbocycles. The number of fused-ring (bicyclic) bond motifs is 2. The summed E-state index contributed by atoms with van der Waals surface area (Å²) in [5.74, 6) is -0.518. The summed E-state index contributed by atoms with van der Waals surface area (Å²) >= 11 is 6.37. The summed E-state index contributed by atoms with van der Waals surface area (Å²) in [7, 11) is 0.